The van der Waals surface area contributed by atoms with Crippen molar-refractivity contribution in [3.63, 3.8) is 0 Å². The average molecular weight is 233 g/mol. The monoisotopic (exact) mass is 233 g/mol. The third kappa shape index (κ3) is 3.63. The van der Waals surface area contributed by atoms with Gasteiger partial charge >= 0.3 is 0 Å². The molecule has 0 N–H and O–H groups in total. The molecular formula is C14H19NO2. The van der Waals surface area contributed by atoms with Gasteiger partial charge in [-0.2, -0.15) is 0 Å². The fourth-order valence-electron chi connectivity index (χ4n) is 2.23. The van der Waals surface area contributed by atoms with E-state index in [9.17, 15) is 4.79 Å². The summed E-state index contributed by atoms with van der Waals surface area (Å²) < 4.78 is 5.54. The molecule has 0 bridgehead atoms. The van der Waals surface area contributed by atoms with E-state index in [0.717, 1.165) is 37.1 Å². The Morgan fingerprint density at radius 2 is 2.47 bits per heavy atom. The molecule has 0 aliphatic carbocycles. The molecule has 17 heavy (non-hydrogen) atoms. The van der Waals surface area contributed by atoms with Crippen LogP contribution in [0.25, 0.3) is 0 Å². The Hall–Kier alpha value is -1.22. The number of hydrogen-bond donors (Lipinski definition) is 0. The van der Waals surface area contributed by atoms with Gasteiger partial charge in [0, 0.05) is 30.5 Å². The number of aromatic nitrogens is 1. The summed E-state index contributed by atoms with van der Waals surface area (Å²) in [5, 5.41) is 0. The van der Waals surface area contributed by atoms with Gasteiger partial charge in [-0.1, -0.05) is 0 Å². The number of carbonyl (C=O) groups is 1. The molecule has 2 rings (SSSR count). The maximum atomic E-state index is 11.9. The second-order valence-corrected chi connectivity index (χ2v) is 4.64. The molecule has 1 atom stereocenters. The number of ether oxygens (including phenoxy) is 1. The van der Waals surface area contributed by atoms with Gasteiger partial charge in [0.2, 0.25) is 0 Å². The van der Waals surface area contributed by atoms with Crippen LogP contribution in [0.1, 0.15) is 48.2 Å². The van der Waals surface area contributed by atoms with Crippen LogP contribution in [0.5, 0.6) is 0 Å². The minimum atomic E-state index is 0.216. The minimum absolute atomic E-state index is 0.216. The quantitative estimate of drug-likeness (QED) is 0.734. The molecule has 1 aromatic heterocycles. The molecule has 1 aliphatic rings. The third-order valence-corrected chi connectivity index (χ3v) is 3.17. The van der Waals surface area contributed by atoms with E-state index in [2.05, 4.69) is 4.98 Å². The molecule has 1 fully saturated rings. The molecule has 0 spiro atoms. The molecule has 0 saturated carbocycles. The highest BCUT2D eigenvalue weighted by Crippen LogP contribution is 2.18. The number of carbonyl (C=O) groups excluding carboxylic acids is 1. The molecule has 0 aromatic carbocycles. The lowest BCUT2D eigenvalue weighted by Gasteiger charge is -2.08. The maximum Gasteiger partial charge on any atom is 0.162 e. The van der Waals surface area contributed by atoms with Gasteiger partial charge in [-0.15, -0.1) is 0 Å². The van der Waals surface area contributed by atoms with Crippen molar-refractivity contribution in [1.29, 1.82) is 0 Å². The summed E-state index contributed by atoms with van der Waals surface area (Å²) in [7, 11) is 0. The fourth-order valence-corrected chi connectivity index (χ4v) is 2.23. The number of hydrogen-bond acceptors (Lipinski definition) is 3. The first-order chi connectivity index (χ1) is 8.25. The van der Waals surface area contributed by atoms with Crippen LogP contribution in [0.15, 0.2) is 18.3 Å². The predicted octanol–water partition coefficient (Wildman–Crippen LogP) is 2.92. The predicted molar refractivity (Wildman–Crippen MR) is 66.1 cm³/mol. The van der Waals surface area contributed by atoms with E-state index >= 15 is 0 Å². The molecule has 3 heteroatoms. The van der Waals surface area contributed by atoms with Crippen molar-refractivity contribution in [2.45, 2.75) is 45.1 Å². The second kappa shape index (κ2) is 5.92. The Morgan fingerprint density at radius 1 is 1.59 bits per heavy atom. The summed E-state index contributed by atoms with van der Waals surface area (Å²) in [6, 6.07) is 3.65. The zero-order valence-corrected chi connectivity index (χ0v) is 10.3. The largest absolute Gasteiger partial charge is 0.378 e. The highest BCUT2D eigenvalue weighted by Gasteiger charge is 2.15. The highest BCUT2D eigenvalue weighted by atomic mass is 16.5. The van der Waals surface area contributed by atoms with Crippen LogP contribution >= 0.6 is 0 Å². The van der Waals surface area contributed by atoms with Crippen molar-refractivity contribution in [2.75, 3.05) is 6.61 Å². The van der Waals surface area contributed by atoms with Crippen LogP contribution in [-0.4, -0.2) is 23.5 Å². The first-order valence-corrected chi connectivity index (χ1v) is 6.33. The third-order valence-electron chi connectivity index (χ3n) is 3.17. The van der Waals surface area contributed by atoms with Crippen molar-refractivity contribution >= 4 is 5.78 Å². The Labute approximate surface area is 102 Å². The topological polar surface area (TPSA) is 39.2 Å². The van der Waals surface area contributed by atoms with Gasteiger partial charge in [-0.05, 0) is 44.7 Å². The minimum Gasteiger partial charge on any atom is -0.378 e. The van der Waals surface area contributed by atoms with E-state index in [0.29, 0.717) is 12.5 Å². The van der Waals surface area contributed by atoms with Crippen molar-refractivity contribution in [3.8, 4) is 0 Å². The Balaban J connectivity index is 1.77. The molecule has 2 heterocycles. The van der Waals surface area contributed by atoms with E-state index in [1.54, 1.807) is 12.3 Å². The molecule has 1 aliphatic heterocycles. The first-order valence-electron chi connectivity index (χ1n) is 6.33. The van der Waals surface area contributed by atoms with Crippen LogP contribution in [0.3, 0.4) is 0 Å². The van der Waals surface area contributed by atoms with Gasteiger partial charge in [0.15, 0.2) is 5.78 Å². The van der Waals surface area contributed by atoms with Gasteiger partial charge in [0.1, 0.15) is 0 Å². The van der Waals surface area contributed by atoms with Crippen molar-refractivity contribution in [2.24, 2.45) is 0 Å². The lowest BCUT2D eigenvalue weighted by atomic mass is 10.0. The standard InChI is InChI=1S/C14H19NO2/c1-11-10-12(7-8-15-11)14(16)6-2-4-13-5-3-9-17-13/h7-8,10,13H,2-6,9H2,1H3. The van der Waals surface area contributed by atoms with E-state index in [1.165, 1.54) is 6.42 Å². The fraction of sp³-hybridized carbons (Fsp3) is 0.571. The molecule has 1 unspecified atom stereocenters. The lowest BCUT2D eigenvalue weighted by molar-refractivity contribution is 0.0922. The van der Waals surface area contributed by atoms with Crippen molar-refractivity contribution in [3.05, 3.63) is 29.6 Å². The summed E-state index contributed by atoms with van der Waals surface area (Å²) in [5.74, 6) is 0.216. The van der Waals surface area contributed by atoms with E-state index in [4.69, 9.17) is 4.74 Å². The SMILES string of the molecule is Cc1cc(C(=O)CCCC2CCCO2)ccn1. The molecule has 3 nitrogen and oxygen atoms in total. The molecule has 0 radical (unpaired) electrons. The van der Waals surface area contributed by atoms with Crippen LogP contribution in [0.2, 0.25) is 0 Å². The first kappa shape index (κ1) is 12.2. The number of rotatable bonds is 5. The van der Waals surface area contributed by atoms with E-state index in [1.807, 2.05) is 13.0 Å². The van der Waals surface area contributed by atoms with Gasteiger partial charge in [0.25, 0.3) is 0 Å². The zero-order valence-electron chi connectivity index (χ0n) is 10.3. The van der Waals surface area contributed by atoms with Crippen molar-refractivity contribution < 1.29 is 9.53 Å². The molecule has 1 saturated heterocycles. The molecule has 0 amide bonds. The summed E-state index contributed by atoms with van der Waals surface area (Å²) in [6.07, 6.45) is 6.96. The molecule has 1 aromatic rings. The summed E-state index contributed by atoms with van der Waals surface area (Å²) in [4.78, 5) is 16.0. The molecular weight excluding hydrogens is 214 g/mol. The van der Waals surface area contributed by atoms with Crippen LogP contribution < -0.4 is 0 Å². The smallest absolute Gasteiger partial charge is 0.162 e. The number of nitrogens with zero attached hydrogens (tertiary/aromatic N) is 1. The maximum absolute atomic E-state index is 11.9. The number of Topliss-reactive ketones (excluding diaryl/α,β-unsaturated/α-hetero) is 1. The van der Waals surface area contributed by atoms with Crippen LogP contribution in [0, 0.1) is 6.92 Å². The van der Waals surface area contributed by atoms with Gasteiger partial charge in [-0.3, -0.25) is 9.78 Å². The Kier molecular flexibility index (Phi) is 4.26. The van der Waals surface area contributed by atoms with Gasteiger partial charge in [0.05, 0.1) is 6.10 Å². The van der Waals surface area contributed by atoms with E-state index in [-0.39, 0.29) is 5.78 Å². The number of aryl methyl sites for hydroxylation is 1. The zero-order chi connectivity index (χ0) is 12.1. The highest BCUT2D eigenvalue weighted by molar-refractivity contribution is 5.95. The normalized spacial score (nSPS) is 19.5. The van der Waals surface area contributed by atoms with Gasteiger partial charge < -0.3 is 4.74 Å². The molecule has 92 valence electrons. The average Bonchev–Trinajstić information content (AvgIpc) is 2.82. The Bertz CT molecular complexity index is 384. The summed E-state index contributed by atoms with van der Waals surface area (Å²) in [6.45, 7) is 2.80. The van der Waals surface area contributed by atoms with Crippen molar-refractivity contribution in [1.82, 2.24) is 4.98 Å². The van der Waals surface area contributed by atoms with Gasteiger partial charge in [-0.25, -0.2) is 0 Å². The Morgan fingerprint density at radius 3 is 3.18 bits per heavy atom. The number of ketones is 1. The number of pyridine rings is 1. The van der Waals surface area contributed by atoms with E-state index < -0.39 is 0 Å². The lowest BCUT2D eigenvalue weighted by Crippen LogP contribution is -2.06. The van der Waals surface area contributed by atoms with Crippen LogP contribution in [-0.2, 0) is 4.74 Å². The van der Waals surface area contributed by atoms with Crippen LogP contribution in [0.4, 0.5) is 0 Å². The summed E-state index contributed by atoms with van der Waals surface area (Å²) >= 11 is 0. The summed E-state index contributed by atoms with van der Waals surface area (Å²) in [5.41, 5.74) is 1.68. The second-order valence-electron chi connectivity index (χ2n) is 4.64.